The first-order valence-electron chi connectivity index (χ1n) is 8.96. The normalized spacial score (nSPS) is 11.1. The van der Waals surface area contributed by atoms with Crippen LogP contribution in [0.2, 0.25) is 5.15 Å². The minimum atomic E-state index is -0.669. The van der Waals surface area contributed by atoms with Crippen LogP contribution in [0.1, 0.15) is 16.8 Å². The summed E-state index contributed by atoms with van der Waals surface area (Å²) in [6.07, 6.45) is 2.67. The maximum absolute atomic E-state index is 13.1. The summed E-state index contributed by atoms with van der Waals surface area (Å²) in [4.78, 5) is 25.6. The number of amides is 1. The van der Waals surface area contributed by atoms with Crippen LogP contribution in [0, 0.1) is 12.7 Å². The molecule has 3 aromatic rings. The van der Waals surface area contributed by atoms with Gasteiger partial charge in [0.05, 0.1) is 11.4 Å². The molecule has 1 amide bonds. The molecule has 0 saturated carbocycles. The molecule has 0 radical (unpaired) electrons. The van der Waals surface area contributed by atoms with E-state index >= 15 is 0 Å². The first kappa shape index (κ1) is 21.7. The van der Waals surface area contributed by atoms with Crippen molar-refractivity contribution in [2.45, 2.75) is 13.5 Å². The van der Waals surface area contributed by atoms with Crippen LogP contribution in [-0.4, -0.2) is 40.2 Å². The van der Waals surface area contributed by atoms with E-state index in [-0.39, 0.29) is 23.5 Å². The molecular weight excluding hydrogens is 429 g/mol. The van der Waals surface area contributed by atoms with Gasteiger partial charge in [0.15, 0.2) is 6.61 Å². The Hall–Kier alpha value is -2.97. The molecule has 0 fully saturated rings. The van der Waals surface area contributed by atoms with Crippen molar-refractivity contribution in [3.05, 3.63) is 75.0 Å². The molecule has 0 N–H and O–H groups in total. The number of nitrogens with zero attached hydrogens (tertiary/aromatic N) is 3. The van der Waals surface area contributed by atoms with Gasteiger partial charge < -0.3 is 9.64 Å². The van der Waals surface area contributed by atoms with Gasteiger partial charge in [-0.3, -0.25) is 4.79 Å². The molecule has 0 unspecified atom stereocenters. The van der Waals surface area contributed by atoms with Crippen molar-refractivity contribution in [2.75, 3.05) is 13.7 Å². The zero-order valence-corrected chi connectivity index (χ0v) is 17.9. The summed E-state index contributed by atoms with van der Waals surface area (Å²) in [6.45, 7) is 1.83. The molecule has 0 aliphatic heterocycles. The van der Waals surface area contributed by atoms with Gasteiger partial charge >= 0.3 is 5.97 Å². The average Bonchev–Trinajstić information content (AvgIpc) is 3.33. The highest BCUT2D eigenvalue weighted by Crippen LogP contribution is 2.24. The fraction of sp³-hybridized carbons (Fsp3) is 0.190. The molecule has 0 spiro atoms. The van der Waals surface area contributed by atoms with E-state index in [9.17, 15) is 14.0 Å². The van der Waals surface area contributed by atoms with Crippen molar-refractivity contribution >= 4 is 40.9 Å². The van der Waals surface area contributed by atoms with Crippen LogP contribution in [0.3, 0.4) is 0 Å². The van der Waals surface area contributed by atoms with Crippen molar-refractivity contribution in [3.8, 4) is 5.69 Å². The minimum absolute atomic E-state index is 0.273. The summed E-state index contributed by atoms with van der Waals surface area (Å²) in [7, 11) is 1.65. The van der Waals surface area contributed by atoms with E-state index in [4.69, 9.17) is 16.3 Å². The SMILES string of the molecule is Cc1nn(-c2ccc(F)cc2)c(Cl)c1/C=C/C(=O)OCC(=O)N(C)Cc1ccsc1. The topological polar surface area (TPSA) is 64.4 Å². The van der Waals surface area contributed by atoms with Gasteiger partial charge in [-0.2, -0.15) is 16.4 Å². The third-order valence-electron chi connectivity index (χ3n) is 4.27. The van der Waals surface area contributed by atoms with Crippen molar-refractivity contribution in [1.29, 1.82) is 0 Å². The Morgan fingerprint density at radius 2 is 2.03 bits per heavy atom. The first-order chi connectivity index (χ1) is 14.3. The highest BCUT2D eigenvalue weighted by atomic mass is 35.5. The van der Waals surface area contributed by atoms with Crippen LogP contribution in [0.4, 0.5) is 4.39 Å². The third-order valence-corrected chi connectivity index (χ3v) is 5.36. The smallest absolute Gasteiger partial charge is 0.331 e. The maximum Gasteiger partial charge on any atom is 0.331 e. The second-order valence-electron chi connectivity index (χ2n) is 6.50. The first-order valence-corrected chi connectivity index (χ1v) is 10.3. The summed E-state index contributed by atoms with van der Waals surface area (Å²) < 4.78 is 19.6. The van der Waals surface area contributed by atoms with Gasteiger partial charge in [-0.1, -0.05) is 11.6 Å². The van der Waals surface area contributed by atoms with Crippen LogP contribution in [-0.2, 0) is 20.9 Å². The lowest BCUT2D eigenvalue weighted by Gasteiger charge is -2.15. The van der Waals surface area contributed by atoms with Crippen LogP contribution >= 0.6 is 22.9 Å². The lowest BCUT2D eigenvalue weighted by Crippen LogP contribution is -2.30. The quantitative estimate of drug-likeness (QED) is 0.401. The molecule has 0 aliphatic carbocycles. The summed E-state index contributed by atoms with van der Waals surface area (Å²) >= 11 is 7.92. The van der Waals surface area contributed by atoms with Gasteiger partial charge in [0.1, 0.15) is 11.0 Å². The van der Waals surface area contributed by atoms with Gasteiger partial charge in [0, 0.05) is 25.2 Å². The predicted octanol–water partition coefficient (Wildman–Crippen LogP) is 4.25. The van der Waals surface area contributed by atoms with Gasteiger partial charge in [0.2, 0.25) is 0 Å². The summed E-state index contributed by atoms with van der Waals surface area (Å²) in [5.74, 6) is -1.34. The van der Waals surface area contributed by atoms with Crippen LogP contribution < -0.4 is 0 Å². The highest BCUT2D eigenvalue weighted by molar-refractivity contribution is 7.07. The van der Waals surface area contributed by atoms with Crippen molar-refractivity contribution in [3.63, 3.8) is 0 Å². The molecule has 1 aromatic carbocycles. The molecule has 156 valence electrons. The fourth-order valence-corrected chi connectivity index (χ4v) is 3.64. The number of benzene rings is 1. The minimum Gasteiger partial charge on any atom is -0.452 e. The molecule has 0 bridgehead atoms. The largest absolute Gasteiger partial charge is 0.452 e. The van der Waals surface area contributed by atoms with Crippen molar-refractivity contribution < 1.29 is 18.7 Å². The monoisotopic (exact) mass is 447 g/mol. The number of likely N-dealkylation sites (N-methyl/N-ethyl adjacent to an activating group) is 1. The van der Waals surface area contributed by atoms with E-state index in [0.29, 0.717) is 23.5 Å². The Bertz CT molecular complexity index is 1060. The van der Waals surface area contributed by atoms with E-state index in [1.165, 1.54) is 33.9 Å². The highest BCUT2D eigenvalue weighted by Gasteiger charge is 2.14. The molecule has 0 aliphatic rings. The Kier molecular flexibility index (Phi) is 7.02. The molecule has 6 nitrogen and oxygen atoms in total. The van der Waals surface area contributed by atoms with Gasteiger partial charge in [-0.25, -0.2) is 13.9 Å². The number of hydrogen-bond donors (Lipinski definition) is 0. The van der Waals surface area contributed by atoms with E-state index in [1.807, 2.05) is 16.8 Å². The second kappa shape index (κ2) is 9.69. The number of aryl methyl sites for hydroxylation is 1. The Labute approximate surface area is 182 Å². The molecule has 0 atom stereocenters. The van der Waals surface area contributed by atoms with E-state index in [2.05, 4.69) is 5.10 Å². The number of carbonyl (C=O) groups is 2. The zero-order chi connectivity index (χ0) is 21.7. The van der Waals surface area contributed by atoms with Gasteiger partial charge in [-0.05, 0) is 59.7 Å². The van der Waals surface area contributed by atoms with Crippen molar-refractivity contribution in [1.82, 2.24) is 14.7 Å². The van der Waals surface area contributed by atoms with Crippen molar-refractivity contribution in [2.24, 2.45) is 0 Å². The lowest BCUT2D eigenvalue weighted by atomic mass is 10.2. The molecule has 2 aromatic heterocycles. The molecule has 3 rings (SSSR count). The number of rotatable bonds is 7. The number of esters is 1. The number of halogens is 2. The lowest BCUT2D eigenvalue weighted by molar-refractivity contribution is -0.147. The van der Waals surface area contributed by atoms with E-state index in [1.54, 1.807) is 37.4 Å². The van der Waals surface area contributed by atoms with Gasteiger partial charge in [-0.15, -0.1) is 0 Å². The Morgan fingerprint density at radius 3 is 2.70 bits per heavy atom. The average molecular weight is 448 g/mol. The zero-order valence-electron chi connectivity index (χ0n) is 16.3. The van der Waals surface area contributed by atoms with Gasteiger partial charge in [0.25, 0.3) is 5.91 Å². The summed E-state index contributed by atoms with van der Waals surface area (Å²) in [5.41, 5.74) is 2.72. The number of aromatic nitrogens is 2. The molecule has 2 heterocycles. The second-order valence-corrected chi connectivity index (χ2v) is 7.64. The molecule has 30 heavy (non-hydrogen) atoms. The Morgan fingerprint density at radius 1 is 1.30 bits per heavy atom. The summed E-state index contributed by atoms with van der Waals surface area (Å²) in [6, 6.07) is 7.65. The number of carbonyl (C=O) groups excluding carboxylic acids is 2. The van der Waals surface area contributed by atoms with Crippen LogP contribution in [0.25, 0.3) is 11.8 Å². The number of ether oxygens (including phenoxy) is 1. The van der Waals surface area contributed by atoms with Crippen LogP contribution in [0.5, 0.6) is 0 Å². The third kappa shape index (κ3) is 5.34. The van der Waals surface area contributed by atoms with E-state index in [0.717, 1.165) is 5.56 Å². The Balaban J connectivity index is 1.59. The summed E-state index contributed by atoms with van der Waals surface area (Å²) in [5, 5.41) is 8.48. The predicted molar refractivity (Wildman–Crippen MR) is 114 cm³/mol. The fourth-order valence-electron chi connectivity index (χ4n) is 2.64. The number of hydrogen-bond acceptors (Lipinski definition) is 5. The molecule has 0 saturated heterocycles. The number of thiophene rings is 1. The maximum atomic E-state index is 13.1. The van der Waals surface area contributed by atoms with E-state index < -0.39 is 5.97 Å². The standard InChI is InChI=1S/C21H19ClFN3O3S/c1-14-18(21(22)26(24-14)17-5-3-16(23)4-6-17)7-8-20(28)29-12-19(27)25(2)11-15-9-10-30-13-15/h3-10,13H,11-12H2,1-2H3/b8-7+. The molecular formula is C21H19ClFN3O3S. The molecule has 9 heteroatoms. The van der Waals surface area contributed by atoms with Crippen LogP contribution in [0.15, 0.2) is 47.2 Å².